The van der Waals surface area contributed by atoms with Crippen molar-refractivity contribution in [3.8, 4) is 11.5 Å². The number of rotatable bonds is 3. The fourth-order valence-electron chi connectivity index (χ4n) is 4.12. The van der Waals surface area contributed by atoms with Crippen molar-refractivity contribution in [2.24, 2.45) is 5.92 Å². The number of fused-ring (bicyclic) bond motifs is 2. The van der Waals surface area contributed by atoms with Crippen LogP contribution in [-0.4, -0.2) is 36.6 Å². The quantitative estimate of drug-likeness (QED) is 0.782. The predicted molar refractivity (Wildman–Crippen MR) is 110 cm³/mol. The van der Waals surface area contributed by atoms with E-state index in [4.69, 9.17) is 9.47 Å². The van der Waals surface area contributed by atoms with Crippen molar-refractivity contribution in [3.63, 3.8) is 0 Å². The zero-order chi connectivity index (χ0) is 19.8. The molecule has 1 aromatic heterocycles. The number of hydrogen-bond donors (Lipinski definition) is 1. The molecule has 1 unspecified atom stereocenters. The molecule has 1 aromatic carbocycles. The zero-order valence-corrected chi connectivity index (χ0v) is 16.9. The third-order valence-corrected chi connectivity index (χ3v) is 6.73. The van der Waals surface area contributed by atoms with Gasteiger partial charge in [-0.1, -0.05) is 6.42 Å². The Morgan fingerprint density at radius 2 is 1.97 bits per heavy atom. The van der Waals surface area contributed by atoms with Crippen LogP contribution in [0.15, 0.2) is 18.2 Å². The van der Waals surface area contributed by atoms with Crippen molar-refractivity contribution >= 4 is 34.0 Å². The molecule has 29 heavy (non-hydrogen) atoms. The van der Waals surface area contributed by atoms with E-state index in [1.165, 1.54) is 17.7 Å². The lowest BCUT2D eigenvalue weighted by atomic mass is 10.1. The van der Waals surface area contributed by atoms with Gasteiger partial charge in [0.25, 0.3) is 0 Å². The summed E-state index contributed by atoms with van der Waals surface area (Å²) in [5.41, 5.74) is 1.86. The van der Waals surface area contributed by atoms with E-state index in [-0.39, 0.29) is 24.2 Å². The standard InChI is InChI=1S/C21H23N3O4S/c25-19-10-13(12-24(19)14-6-7-16-17(11-14)28-9-8-27-16)20(26)23-21-22-15-4-2-1-3-5-18(15)29-21/h6-7,11,13H,1-5,8-10,12H2,(H,22,23,26). The summed E-state index contributed by atoms with van der Waals surface area (Å²) in [6.45, 7) is 1.38. The van der Waals surface area contributed by atoms with E-state index < -0.39 is 0 Å². The molecule has 3 heterocycles. The number of amides is 2. The molecule has 7 nitrogen and oxygen atoms in total. The van der Waals surface area contributed by atoms with Gasteiger partial charge in [0.2, 0.25) is 11.8 Å². The topological polar surface area (TPSA) is 80.8 Å². The van der Waals surface area contributed by atoms with Crippen molar-refractivity contribution in [2.45, 2.75) is 38.5 Å². The highest BCUT2D eigenvalue weighted by Crippen LogP contribution is 2.36. The van der Waals surface area contributed by atoms with Gasteiger partial charge in [-0.15, -0.1) is 11.3 Å². The molecule has 0 spiro atoms. The minimum absolute atomic E-state index is 0.0586. The van der Waals surface area contributed by atoms with Gasteiger partial charge in [0.1, 0.15) is 13.2 Å². The SMILES string of the molecule is O=C(Nc1nc2c(s1)CCCCC2)C1CC(=O)N(c2ccc3c(c2)OCCO3)C1. The first-order valence-electron chi connectivity index (χ1n) is 10.2. The first kappa shape index (κ1) is 18.4. The normalized spacial score (nSPS) is 20.9. The van der Waals surface area contributed by atoms with Crippen LogP contribution in [0.2, 0.25) is 0 Å². The number of carbonyl (C=O) groups is 2. The van der Waals surface area contributed by atoms with E-state index >= 15 is 0 Å². The predicted octanol–water partition coefficient (Wildman–Crippen LogP) is 3.17. The first-order chi connectivity index (χ1) is 14.2. The minimum atomic E-state index is -0.389. The smallest absolute Gasteiger partial charge is 0.231 e. The molecular formula is C21H23N3O4S. The first-order valence-corrected chi connectivity index (χ1v) is 11.0. The Morgan fingerprint density at radius 3 is 2.86 bits per heavy atom. The highest BCUT2D eigenvalue weighted by Gasteiger charge is 2.36. The Hall–Kier alpha value is -2.61. The van der Waals surface area contributed by atoms with Crippen molar-refractivity contribution in [1.82, 2.24) is 4.98 Å². The number of nitrogens with one attached hydrogen (secondary N) is 1. The zero-order valence-electron chi connectivity index (χ0n) is 16.1. The second kappa shape index (κ2) is 7.67. The maximum atomic E-state index is 12.8. The molecule has 1 fully saturated rings. The monoisotopic (exact) mass is 413 g/mol. The van der Waals surface area contributed by atoms with Crippen LogP contribution in [-0.2, 0) is 22.4 Å². The van der Waals surface area contributed by atoms with Crippen LogP contribution < -0.4 is 19.7 Å². The molecule has 2 aromatic rings. The Bertz CT molecular complexity index is 934. The third kappa shape index (κ3) is 3.69. The van der Waals surface area contributed by atoms with Gasteiger partial charge in [0.05, 0.1) is 11.6 Å². The van der Waals surface area contributed by atoms with E-state index in [1.54, 1.807) is 16.2 Å². The summed E-state index contributed by atoms with van der Waals surface area (Å²) in [5, 5.41) is 3.61. The number of ether oxygens (including phenoxy) is 2. The molecule has 152 valence electrons. The number of anilines is 2. The maximum absolute atomic E-state index is 12.8. The van der Waals surface area contributed by atoms with Crippen LogP contribution in [0.25, 0.3) is 0 Å². The molecule has 1 atom stereocenters. The van der Waals surface area contributed by atoms with Crippen LogP contribution in [0.5, 0.6) is 11.5 Å². The molecule has 2 aliphatic heterocycles. The van der Waals surface area contributed by atoms with Crippen LogP contribution in [0, 0.1) is 5.92 Å². The van der Waals surface area contributed by atoms with Gasteiger partial charge in [-0.3, -0.25) is 9.59 Å². The lowest BCUT2D eigenvalue weighted by Crippen LogP contribution is -2.28. The summed E-state index contributed by atoms with van der Waals surface area (Å²) in [5.74, 6) is 0.738. The summed E-state index contributed by atoms with van der Waals surface area (Å²) in [6, 6.07) is 5.46. The van der Waals surface area contributed by atoms with Crippen LogP contribution >= 0.6 is 11.3 Å². The Morgan fingerprint density at radius 1 is 1.14 bits per heavy atom. The molecule has 0 bridgehead atoms. The Kier molecular flexibility index (Phi) is 4.87. The number of hydrogen-bond acceptors (Lipinski definition) is 6. The summed E-state index contributed by atoms with van der Waals surface area (Å²) in [7, 11) is 0. The Labute approximate surface area is 173 Å². The summed E-state index contributed by atoms with van der Waals surface area (Å²) < 4.78 is 11.1. The van der Waals surface area contributed by atoms with Gasteiger partial charge >= 0.3 is 0 Å². The summed E-state index contributed by atoms with van der Waals surface area (Å²) >= 11 is 1.58. The molecule has 3 aliphatic rings. The van der Waals surface area contributed by atoms with E-state index in [0.717, 1.165) is 30.6 Å². The average molecular weight is 413 g/mol. The average Bonchev–Trinajstić information content (AvgIpc) is 3.23. The molecule has 5 rings (SSSR count). The van der Waals surface area contributed by atoms with E-state index in [2.05, 4.69) is 10.3 Å². The highest BCUT2D eigenvalue weighted by molar-refractivity contribution is 7.15. The van der Waals surface area contributed by atoms with E-state index in [0.29, 0.717) is 36.4 Å². The number of nitrogens with zero attached hydrogens (tertiary/aromatic N) is 2. The van der Waals surface area contributed by atoms with Crippen LogP contribution in [0.1, 0.15) is 36.3 Å². The minimum Gasteiger partial charge on any atom is -0.486 e. The van der Waals surface area contributed by atoms with Gasteiger partial charge in [0.15, 0.2) is 16.6 Å². The fourth-order valence-corrected chi connectivity index (χ4v) is 5.18. The number of carbonyl (C=O) groups excluding carboxylic acids is 2. The summed E-state index contributed by atoms with van der Waals surface area (Å²) in [4.78, 5) is 32.9. The van der Waals surface area contributed by atoms with Gasteiger partial charge in [-0.05, 0) is 37.8 Å². The van der Waals surface area contributed by atoms with Gasteiger partial charge in [-0.2, -0.15) is 0 Å². The molecule has 0 saturated carbocycles. The highest BCUT2D eigenvalue weighted by atomic mass is 32.1. The number of aryl methyl sites for hydroxylation is 2. The number of aromatic nitrogens is 1. The van der Waals surface area contributed by atoms with Gasteiger partial charge in [0, 0.05) is 29.6 Å². The molecule has 8 heteroatoms. The van der Waals surface area contributed by atoms with Gasteiger partial charge in [-0.25, -0.2) is 4.98 Å². The van der Waals surface area contributed by atoms with E-state index in [1.807, 2.05) is 18.2 Å². The lowest BCUT2D eigenvalue weighted by molar-refractivity contribution is -0.122. The number of thiazole rings is 1. The molecule has 0 radical (unpaired) electrons. The fraction of sp³-hybridized carbons (Fsp3) is 0.476. The van der Waals surface area contributed by atoms with Crippen LogP contribution in [0.3, 0.4) is 0 Å². The second-order valence-corrected chi connectivity index (χ2v) is 8.76. The van der Waals surface area contributed by atoms with Crippen LogP contribution in [0.4, 0.5) is 10.8 Å². The van der Waals surface area contributed by atoms with Gasteiger partial charge < -0.3 is 19.7 Å². The molecule has 1 N–H and O–H groups in total. The molecular weight excluding hydrogens is 390 g/mol. The third-order valence-electron chi connectivity index (χ3n) is 5.66. The molecule has 1 aliphatic carbocycles. The summed E-state index contributed by atoms with van der Waals surface area (Å²) in [6.07, 6.45) is 5.82. The Balaban J connectivity index is 1.27. The lowest BCUT2D eigenvalue weighted by Gasteiger charge is -2.22. The largest absolute Gasteiger partial charge is 0.486 e. The molecule has 2 amide bonds. The number of benzene rings is 1. The van der Waals surface area contributed by atoms with E-state index in [9.17, 15) is 9.59 Å². The van der Waals surface area contributed by atoms with Crippen molar-refractivity contribution in [2.75, 3.05) is 30.0 Å². The van der Waals surface area contributed by atoms with Crippen molar-refractivity contribution < 1.29 is 19.1 Å². The maximum Gasteiger partial charge on any atom is 0.231 e. The second-order valence-electron chi connectivity index (χ2n) is 7.67. The van der Waals surface area contributed by atoms with Crippen molar-refractivity contribution in [1.29, 1.82) is 0 Å². The molecule has 1 saturated heterocycles. The van der Waals surface area contributed by atoms with Crippen molar-refractivity contribution in [3.05, 3.63) is 28.8 Å².